The third kappa shape index (κ3) is 5.28. The number of hydrogen-bond donors (Lipinski definition) is 2. The zero-order valence-electron chi connectivity index (χ0n) is 18.6. The molecule has 7 nitrogen and oxygen atoms in total. The van der Waals surface area contributed by atoms with E-state index in [0.29, 0.717) is 18.5 Å². The monoisotopic (exact) mass is 433 g/mol. The number of carbonyl (C=O) groups is 2. The van der Waals surface area contributed by atoms with E-state index in [-0.39, 0.29) is 24.9 Å². The van der Waals surface area contributed by atoms with Gasteiger partial charge in [-0.05, 0) is 30.5 Å². The number of amides is 3. The molecule has 32 heavy (non-hydrogen) atoms. The van der Waals surface area contributed by atoms with E-state index in [1.807, 2.05) is 48.5 Å². The Morgan fingerprint density at radius 3 is 2.53 bits per heavy atom. The van der Waals surface area contributed by atoms with Gasteiger partial charge in [0.1, 0.15) is 0 Å². The number of hydrogen-bond acceptors (Lipinski definition) is 3. The summed E-state index contributed by atoms with van der Waals surface area (Å²) in [5, 5.41) is 5.81. The Morgan fingerprint density at radius 1 is 1.03 bits per heavy atom. The van der Waals surface area contributed by atoms with E-state index in [9.17, 15) is 9.59 Å². The lowest BCUT2D eigenvalue weighted by Gasteiger charge is -2.25. The molecule has 4 rings (SSSR count). The van der Waals surface area contributed by atoms with Crippen LogP contribution >= 0.6 is 0 Å². The van der Waals surface area contributed by atoms with Crippen LogP contribution < -0.4 is 10.6 Å². The number of para-hydroxylation sites is 2. The number of nitrogens with zero attached hydrogens (tertiary/aromatic N) is 3. The first-order chi connectivity index (χ1) is 15.6. The van der Waals surface area contributed by atoms with Crippen molar-refractivity contribution in [3.05, 3.63) is 60.2 Å². The van der Waals surface area contributed by atoms with E-state index < -0.39 is 0 Å². The zero-order valence-corrected chi connectivity index (χ0v) is 18.6. The molecule has 3 amide bonds. The molecule has 1 aromatic heterocycles. The molecule has 7 heteroatoms. The Bertz CT molecular complexity index is 1060. The molecule has 1 saturated carbocycles. The molecule has 0 aliphatic heterocycles. The van der Waals surface area contributed by atoms with Gasteiger partial charge in [0, 0.05) is 32.6 Å². The standard InChI is InChI=1S/C25H31N5O2/c1-29(18-19-10-4-2-5-11-19)25(32)26-17-16-23(31)28-24-27-21-14-8-9-15-22(21)30(24)20-12-6-3-7-13-20/h2,4-5,8-11,14-15,20H,3,6-7,12-13,16-18H2,1H3,(H,26,32)(H,27,28,31). The maximum Gasteiger partial charge on any atom is 0.317 e. The van der Waals surface area contributed by atoms with E-state index in [2.05, 4.69) is 26.3 Å². The first kappa shape index (κ1) is 21.9. The van der Waals surface area contributed by atoms with Crippen LogP contribution in [0.15, 0.2) is 54.6 Å². The van der Waals surface area contributed by atoms with E-state index in [0.717, 1.165) is 29.4 Å². The molecule has 0 unspecified atom stereocenters. The molecule has 1 fully saturated rings. The fourth-order valence-corrected chi connectivity index (χ4v) is 4.38. The van der Waals surface area contributed by atoms with Crippen molar-refractivity contribution in [1.82, 2.24) is 19.8 Å². The van der Waals surface area contributed by atoms with Gasteiger partial charge >= 0.3 is 6.03 Å². The molecule has 0 spiro atoms. The van der Waals surface area contributed by atoms with Crippen LogP contribution in [0.5, 0.6) is 0 Å². The van der Waals surface area contributed by atoms with Crippen molar-refractivity contribution < 1.29 is 9.59 Å². The summed E-state index contributed by atoms with van der Waals surface area (Å²) in [6.07, 6.45) is 6.07. The maximum absolute atomic E-state index is 12.6. The largest absolute Gasteiger partial charge is 0.337 e. The molecule has 3 aromatic rings. The second kappa shape index (κ2) is 10.3. The highest BCUT2D eigenvalue weighted by Crippen LogP contribution is 2.34. The van der Waals surface area contributed by atoms with Crippen molar-refractivity contribution in [2.75, 3.05) is 18.9 Å². The van der Waals surface area contributed by atoms with Crippen LogP contribution in [-0.4, -0.2) is 40.0 Å². The number of carbonyl (C=O) groups excluding carboxylic acids is 2. The number of fused-ring (bicyclic) bond motifs is 1. The Labute approximate surface area is 188 Å². The van der Waals surface area contributed by atoms with E-state index in [1.54, 1.807) is 11.9 Å². The summed E-state index contributed by atoms with van der Waals surface area (Å²) in [4.78, 5) is 31.3. The average Bonchev–Trinajstić information content (AvgIpc) is 3.17. The lowest BCUT2D eigenvalue weighted by atomic mass is 9.95. The Hall–Kier alpha value is -3.35. The van der Waals surface area contributed by atoms with Crippen molar-refractivity contribution in [3.63, 3.8) is 0 Å². The van der Waals surface area contributed by atoms with Crippen LogP contribution in [0.25, 0.3) is 11.0 Å². The van der Waals surface area contributed by atoms with Gasteiger partial charge in [0.2, 0.25) is 11.9 Å². The van der Waals surface area contributed by atoms with Crippen LogP contribution in [0.1, 0.15) is 50.1 Å². The van der Waals surface area contributed by atoms with Gasteiger partial charge < -0.3 is 14.8 Å². The zero-order chi connectivity index (χ0) is 22.3. The summed E-state index contributed by atoms with van der Waals surface area (Å²) in [5.74, 6) is 0.457. The third-order valence-electron chi connectivity index (χ3n) is 6.02. The highest BCUT2D eigenvalue weighted by molar-refractivity contribution is 5.92. The van der Waals surface area contributed by atoms with Gasteiger partial charge in [-0.15, -0.1) is 0 Å². The van der Waals surface area contributed by atoms with Gasteiger partial charge in [0.25, 0.3) is 0 Å². The van der Waals surface area contributed by atoms with Gasteiger partial charge in [-0.25, -0.2) is 9.78 Å². The predicted molar refractivity (Wildman–Crippen MR) is 126 cm³/mol. The van der Waals surface area contributed by atoms with Crippen molar-refractivity contribution in [2.24, 2.45) is 0 Å². The minimum atomic E-state index is -0.198. The van der Waals surface area contributed by atoms with E-state index >= 15 is 0 Å². The van der Waals surface area contributed by atoms with Crippen LogP contribution in [0.2, 0.25) is 0 Å². The normalized spacial score (nSPS) is 14.3. The highest BCUT2D eigenvalue weighted by Gasteiger charge is 2.22. The van der Waals surface area contributed by atoms with Gasteiger partial charge in [-0.3, -0.25) is 10.1 Å². The Kier molecular flexibility index (Phi) is 7.04. The highest BCUT2D eigenvalue weighted by atomic mass is 16.2. The molecule has 1 aliphatic rings. The third-order valence-corrected chi connectivity index (χ3v) is 6.02. The van der Waals surface area contributed by atoms with Gasteiger partial charge in [-0.2, -0.15) is 0 Å². The minimum Gasteiger partial charge on any atom is -0.337 e. The fourth-order valence-electron chi connectivity index (χ4n) is 4.38. The smallest absolute Gasteiger partial charge is 0.317 e. The number of anilines is 1. The van der Waals surface area contributed by atoms with Gasteiger partial charge in [0.15, 0.2) is 0 Å². The van der Waals surface area contributed by atoms with E-state index in [4.69, 9.17) is 0 Å². The summed E-state index contributed by atoms with van der Waals surface area (Å²) in [6.45, 7) is 0.789. The van der Waals surface area contributed by atoms with Crippen LogP contribution in [0, 0.1) is 0 Å². The quantitative estimate of drug-likeness (QED) is 0.566. The topological polar surface area (TPSA) is 79.3 Å². The summed E-state index contributed by atoms with van der Waals surface area (Å²) < 4.78 is 2.19. The number of rotatable bonds is 7. The minimum absolute atomic E-state index is 0.150. The number of benzene rings is 2. The SMILES string of the molecule is CN(Cc1ccccc1)C(=O)NCCC(=O)Nc1nc2ccccc2n1C1CCCCC1. The lowest BCUT2D eigenvalue weighted by Crippen LogP contribution is -2.38. The second-order valence-electron chi connectivity index (χ2n) is 8.46. The number of urea groups is 1. The second-order valence-corrected chi connectivity index (χ2v) is 8.46. The first-order valence-electron chi connectivity index (χ1n) is 11.4. The summed E-state index contributed by atoms with van der Waals surface area (Å²) in [6, 6.07) is 18.0. The molecule has 168 valence electrons. The molecule has 2 aromatic carbocycles. The van der Waals surface area contributed by atoms with Crippen LogP contribution in [-0.2, 0) is 11.3 Å². The Morgan fingerprint density at radius 2 is 1.75 bits per heavy atom. The van der Waals surface area contributed by atoms with Crippen LogP contribution in [0.4, 0.5) is 10.7 Å². The number of nitrogens with one attached hydrogen (secondary N) is 2. The van der Waals surface area contributed by atoms with Crippen molar-refractivity contribution in [2.45, 2.75) is 51.1 Å². The molecule has 0 radical (unpaired) electrons. The summed E-state index contributed by atoms with van der Waals surface area (Å²) in [7, 11) is 1.74. The molecule has 2 N–H and O–H groups in total. The average molecular weight is 434 g/mol. The molecular weight excluding hydrogens is 402 g/mol. The molecule has 0 bridgehead atoms. The molecule has 0 saturated heterocycles. The summed E-state index contributed by atoms with van der Waals surface area (Å²) >= 11 is 0. The molecular formula is C25H31N5O2. The maximum atomic E-state index is 12.6. The van der Waals surface area contributed by atoms with Gasteiger partial charge in [-0.1, -0.05) is 61.7 Å². The lowest BCUT2D eigenvalue weighted by molar-refractivity contribution is -0.116. The van der Waals surface area contributed by atoms with E-state index in [1.165, 1.54) is 19.3 Å². The molecule has 1 heterocycles. The first-order valence-corrected chi connectivity index (χ1v) is 11.4. The van der Waals surface area contributed by atoms with Crippen molar-refractivity contribution in [1.29, 1.82) is 0 Å². The number of imidazole rings is 1. The summed E-state index contributed by atoms with van der Waals surface area (Å²) in [5.41, 5.74) is 3.01. The fraction of sp³-hybridized carbons (Fsp3) is 0.400. The molecule has 1 aliphatic carbocycles. The van der Waals surface area contributed by atoms with Crippen molar-refractivity contribution >= 4 is 28.9 Å². The van der Waals surface area contributed by atoms with Crippen LogP contribution in [0.3, 0.4) is 0 Å². The van der Waals surface area contributed by atoms with Crippen molar-refractivity contribution in [3.8, 4) is 0 Å². The van der Waals surface area contributed by atoms with Gasteiger partial charge in [0.05, 0.1) is 11.0 Å². The predicted octanol–water partition coefficient (Wildman–Crippen LogP) is 4.71. The molecule has 0 atom stereocenters. The number of aromatic nitrogens is 2. The Balaban J connectivity index is 1.33.